The molecule has 208 valence electrons. The van der Waals surface area contributed by atoms with Crippen LogP contribution in [0.25, 0.3) is 11.1 Å². The molecule has 4 N–H and O–H groups in total. The van der Waals surface area contributed by atoms with Crippen molar-refractivity contribution in [1.29, 1.82) is 0 Å². The van der Waals surface area contributed by atoms with Crippen LogP contribution in [0.3, 0.4) is 0 Å². The van der Waals surface area contributed by atoms with Crippen LogP contribution in [0.2, 0.25) is 5.02 Å². The standard InChI is InChI=1S/C29H38ClFN2O5/c1-17-10-11-20(27(28(17)30)19-6-3-4-7-21(19)31)25(37-2)9-5-8-23(34)26-16-33(12-13-38-26)29(36)18-14-22(32)24(35)15-18/h3-4,6-7,10-11,18,22-26,34-35H,5,8-9,12-16,32H2,1-2H3. The molecular formula is C29H38ClFN2O5. The Morgan fingerprint density at radius 3 is 2.71 bits per heavy atom. The van der Waals surface area contributed by atoms with E-state index >= 15 is 0 Å². The van der Waals surface area contributed by atoms with Crippen molar-refractivity contribution in [2.75, 3.05) is 26.8 Å². The number of hydrogen-bond donors (Lipinski definition) is 3. The lowest BCUT2D eigenvalue weighted by Crippen LogP contribution is -2.51. The topological polar surface area (TPSA) is 105 Å². The average Bonchev–Trinajstić information content (AvgIpc) is 3.26. The molecule has 0 aromatic heterocycles. The first-order valence-electron chi connectivity index (χ1n) is 13.3. The first kappa shape index (κ1) is 28.9. The highest BCUT2D eigenvalue weighted by atomic mass is 35.5. The van der Waals surface area contributed by atoms with E-state index in [1.165, 1.54) is 6.07 Å². The molecule has 0 spiro atoms. The average molecular weight is 549 g/mol. The number of benzene rings is 2. The number of aliphatic hydroxyl groups excluding tert-OH is 2. The predicted molar refractivity (Wildman–Crippen MR) is 144 cm³/mol. The van der Waals surface area contributed by atoms with Crippen LogP contribution in [0.1, 0.15) is 49.3 Å². The lowest BCUT2D eigenvalue weighted by atomic mass is 9.91. The highest BCUT2D eigenvalue weighted by Gasteiger charge is 2.39. The van der Waals surface area contributed by atoms with Gasteiger partial charge in [0, 0.05) is 43.3 Å². The number of aryl methyl sites for hydroxylation is 1. The first-order valence-corrected chi connectivity index (χ1v) is 13.7. The van der Waals surface area contributed by atoms with E-state index in [1.807, 2.05) is 19.1 Å². The molecule has 9 heteroatoms. The van der Waals surface area contributed by atoms with Crippen LogP contribution >= 0.6 is 11.6 Å². The molecule has 0 bridgehead atoms. The Morgan fingerprint density at radius 2 is 2.03 bits per heavy atom. The third kappa shape index (κ3) is 6.38. The normalized spacial score (nSPS) is 25.4. The summed E-state index contributed by atoms with van der Waals surface area (Å²) in [6, 6.07) is 10.0. The molecule has 6 unspecified atom stereocenters. The predicted octanol–water partition coefficient (Wildman–Crippen LogP) is 4.00. The fraction of sp³-hybridized carbons (Fsp3) is 0.552. The summed E-state index contributed by atoms with van der Waals surface area (Å²) < 4.78 is 26.3. The van der Waals surface area contributed by atoms with Gasteiger partial charge < -0.3 is 30.3 Å². The number of nitrogens with zero attached hydrogens (tertiary/aromatic N) is 1. The summed E-state index contributed by atoms with van der Waals surface area (Å²) in [6.45, 7) is 3.00. The zero-order valence-corrected chi connectivity index (χ0v) is 22.7. The van der Waals surface area contributed by atoms with Crippen LogP contribution in [0.4, 0.5) is 4.39 Å². The molecule has 1 aliphatic heterocycles. The fourth-order valence-corrected chi connectivity index (χ4v) is 5.89. The maximum atomic E-state index is 14.7. The molecule has 38 heavy (non-hydrogen) atoms. The van der Waals surface area contributed by atoms with E-state index in [1.54, 1.807) is 30.2 Å². The second-order valence-corrected chi connectivity index (χ2v) is 10.8. The molecule has 7 nitrogen and oxygen atoms in total. The Labute approximate surface area is 228 Å². The molecule has 6 atom stereocenters. The third-order valence-corrected chi connectivity index (χ3v) is 8.36. The lowest BCUT2D eigenvalue weighted by Gasteiger charge is -2.36. The van der Waals surface area contributed by atoms with E-state index in [9.17, 15) is 19.4 Å². The Bertz CT molecular complexity index is 1110. The van der Waals surface area contributed by atoms with E-state index in [2.05, 4.69) is 0 Å². The molecule has 2 aliphatic rings. The molecule has 2 aromatic carbocycles. The second kappa shape index (κ2) is 12.9. The van der Waals surface area contributed by atoms with Crippen molar-refractivity contribution in [3.05, 3.63) is 58.4 Å². The van der Waals surface area contributed by atoms with Crippen LogP contribution in [0.5, 0.6) is 0 Å². The quantitative estimate of drug-likeness (QED) is 0.437. The summed E-state index contributed by atoms with van der Waals surface area (Å²) in [5.74, 6) is -0.675. The van der Waals surface area contributed by atoms with Crippen molar-refractivity contribution in [2.24, 2.45) is 11.7 Å². The maximum absolute atomic E-state index is 14.7. The van der Waals surface area contributed by atoms with Gasteiger partial charge in [0.05, 0.1) is 29.9 Å². The molecule has 1 saturated heterocycles. The van der Waals surface area contributed by atoms with Gasteiger partial charge in [0.15, 0.2) is 0 Å². The van der Waals surface area contributed by atoms with Gasteiger partial charge >= 0.3 is 0 Å². The minimum Gasteiger partial charge on any atom is -0.391 e. The number of rotatable bonds is 9. The number of ether oxygens (including phenoxy) is 2. The maximum Gasteiger partial charge on any atom is 0.226 e. The molecule has 1 amide bonds. The van der Waals surface area contributed by atoms with Crippen LogP contribution in [-0.4, -0.2) is 72.2 Å². The van der Waals surface area contributed by atoms with Crippen molar-refractivity contribution >= 4 is 17.5 Å². The fourth-order valence-electron chi connectivity index (χ4n) is 5.62. The summed E-state index contributed by atoms with van der Waals surface area (Å²) in [7, 11) is 1.61. The highest BCUT2D eigenvalue weighted by Crippen LogP contribution is 2.40. The third-order valence-electron chi connectivity index (χ3n) is 7.87. The molecule has 2 fully saturated rings. The minimum absolute atomic E-state index is 0.0335. The number of methoxy groups -OCH3 is 1. The largest absolute Gasteiger partial charge is 0.391 e. The Balaban J connectivity index is 1.38. The number of aliphatic hydroxyl groups is 2. The molecule has 1 heterocycles. The summed E-state index contributed by atoms with van der Waals surface area (Å²) in [4.78, 5) is 14.7. The van der Waals surface area contributed by atoms with Gasteiger partial charge in [-0.15, -0.1) is 0 Å². The zero-order valence-electron chi connectivity index (χ0n) is 22.0. The van der Waals surface area contributed by atoms with Gasteiger partial charge in [0.2, 0.25) is 5.91 Å². The number of amides is 1. The molecule has 0 radical (unpaired) electrons. The van der Waals surface area contributed by atoms with E-state index in [0.29, 0.717) is 68.0 Å². The van der Waals surface area contributed by atoms with E-state index in [0.717, 1.165) is 11.1 Å². The number of carbonyl (C=O) groups excluding carboxylic acids is 1. The van der Waals surface area contributed by atoms with Crippen molar-refractivity contribution in [3.63, 3.8) is 0 Å². The van der Waals surface area contributed by atoms with Gasteiger partial charge in [-0.05, 0) is 56.2 Å². The van der Waals surface area contributed by atoms with E-state index in [-0.39, 0.29) is 29.8 Å². The minimum atomic E-state index is -0.757. The van der Waals surface area contributed by atoms with E-state index < -0.39 is 18.3 Å². The monoisotopic (exact) mass is 548 g/mol. The summed E-state index contributed by atoms with van der Waals surface area (Å²) >= 11 is 6.66. The molecule has 2 aromatic rings. The van der Waals surface area contributed by atoms with Crippen LogP contribution < -0.4 is 5.73 Å². The smallest absolute Gasteiger partial charge is 0.226 e. The zero-order chi connectivity index (χ0) is 27.4. The van der Waals surface area contributed by atoms with Gasteiger partial charge in [0.1, 0.15) is 11.9 Å². The Morgan fingerprint density at radius 1 is 1.26 bits per heavy atom. The van der Waals surface area contributed by atoms with Crippen LogP contribution in [0.15, 0.2) is 36.4 Å². The van der Waals surface area contributed by atoms with Crippen molar-refractivity contribution in [1.82, 2.24) is 4.90 Å². The first-order chi connectivity index (χ1) is 18.2. The SMILES string of the molecule is COC(CCCC(O)C1CN(C(=O)C2CC(N)C(O)C2)CCO1)c1ccc(C)c(Cl)c1-c1ccccc1F. The van der Waals surface area contributed by atoms with Crippen molar-refractivity contribution < 1.29 is 28.9 Å². The van der Waals surface area contributed by atoms with Crippen LogP contribution in [0, 0.1) is 18.7 Å². The Kier molecular flexibility index (Phi) is 9.79. The molecule has 1 aliphatic carbocycles. The number of carbonyl (C=O) groups is 1. The van der Waals surface area contributed by atoms with E-state index in [4.69, 9.17) is 26.8 Å². The molecular weight excluding hydrogens is 511 g/mol. The summed E-state index contributed by atoms with van der Waals surface area (Å²) in [5.41, 5.74) is 8.58. The number of morpholine rings is 1. The number of hydrogen-bond acceptors (Lipinski definition) is 6. The number of halogens is 2. The summed E-state index contributed by atoms with van der Waals surface area (Å²) in [5, 5.41) is 21.3. The Hall–Kier alpha value is -2.07. The molecule has 1 saturated carbocycles. The van der Waals surface area contributed by atoms with Crippen molar-refractivity contribution in [3.8, 4) is 11.1 Å². The lowest BCUT2D eigenvalue weighted by molar-refractivity contribution is -0.148. The van der Waals surface area contributed by atoms with Gasteiger partial charge in [-0.1, -0.05) is 41.9 Å². The summed E-state index contributed by atoms with van der Waals surface area (Å²) in [6.07, 6.45) is 0.265. The molecule has 4 rings (SSSR count). The van der Waals surface area contributed by atoms with Crippen molar-refractivity contribution in [2.45, 2.75) is 69.5 Å². The van der Waals surface area contributed by atoms with Gasteiger partial charge in [0.25, 0.3) is 0 Å². The highest BCUT2D eigenvalue weighted by molar-refractivity contribution is 6.34. The number of nitrogens with two attached hydrogens (primary N) is 1. The van der Waals surface area contributed by atoms with Gasteiger partial charge in [-0.3, -0.25) is 4.79 Å². The van der Waals surface area contributed by atoms with Crippen LogP contribution in [-0.2, 0) is 14.3 Å². The van der Waals surface area contributed by atoms with Gasteiger partial charge in [-0.2, -0.15) is 0 Å². The second-order valence-electron chi connectivity index (χ2n) is 10.5. The van der Waals surface area contributed by atoms with Gasteiger partial charge in [-0.25, -0.2) is 4.39 Å².